The summed E-state index contributed by atoms with van der Waals surface area (Å²) >= 11 is 0. The third-order valence-electron chi connectivity index (χ3n) is 5.99. The molecular weight excluding hydrogens is 338 g/mol. The van der Waals surface area contributed by atoms with Gasteiger partial charge in [-0.3, -0.25) is 9.88 Å². The van der Waals surface area contributed by atoms with E-state index in [1.165, 1.54) is 5.69 Å². The maximum atomic E-state index is 6.30. The second kappa shape index (κ2) is 8.36. The van der Waals surface area contributed by atoms with Crippen LogP contribution in [-0.4, -0.2) is 46.8 Å². The first-order valence-corrected chi connectivity index (χ1v) is 10.1. The van der Waals surface area contributed by atoms with Gasteiger partial charge in [-0.15, -0.1) is 0 Å². The fourth-order valence-corrected chi connectivity index (χ4v) is 4.49. The highest BCUT2D eigenvalue weighted by Gasteiger charge is 2.45. The molecule has 4 heterocycles. The Morgan fingerprint density at radius 2 is 2.07 bits per heavy atom. The first kappa shape index (κ1) is 18.4. The van der Waals surface area contributed by atoms with E-state index < -0.39 is 0 Å². The van der Waals surface area contributed by atoms with Crippen LogP contribution in [0.5, 0.6) is 5.88 Å². The van der Waals surface area contributed by atoms with Crippen LogP contribution in [0.4, 0.5) is 0 Å². The molecule has 0 radical (unpaired) electrons. The average molecular weight is 367 g/mol. The molecule has 0 bridgehead atoms. The molecule has 2 fully saturated rings. The fraction of sp³-hybridized carbons (Fsp3) is 0.545. The molecule has 144 valence electrons. The standard InChI is InChI=1S/C22H29N3O2/c1-18-5-4-6-20(24-18)17-25-13-10-22(11-14-25)19(9-16-27-22)8-15-26-21-7-2-3-12-23-21/h2-7,12,19H,8-11,13-17H2,1H3. The quantitative estimate of drug-likeness (QED) is 0.780. The number of nitrogens with zero attached hydrogens (tertiary/aromatic N) is 3. The van der Waals surface area contributed by atoms with Crippen LogP contribution in [0.25, 0.3) is 0 Å². The van der Waals surface area contributed by atoms with Gasteiger partial charge in [0.15, 0.2) is 0 Å². The minimum Gasteiger partial charge on any atom is -0.478 e. The maximum absolute atomic E-state index is 6.30. The lowest BCUT2D eigenvalue weighted by molar-refractivity contribution is -0.0710. The summed E-state index contributed by atoms with van der Waals surface area (Å²) in [5.41, 5.74) is 2.30. The van der Waals surface area contributed by atoms with Crippen molar-refractivity contribution in [3.8, 4) is 5.88 Å². The highest BCUT2D eigenvalue weighted by molar-refractivity contribution is 5.11. The van der Waals surface area contributed by atoms with E-state index in [0.29, 0.717) is 18.4 Å². The van der Waals surface area contributed by atoms with Crippen LogP contribution in [0.3, 0.4) is 0 Å². The lowest BCUT2D eigenvalue weighted by Gasteiger charge is -2.42. The molecule has 4 rings (SSSR count). The summed E-state index contributed by atoms with van der Waals surface area (Å²) < 4.78 is 12.1. The van der Waals surface area contributed by atoms with Crippen LogP contribution >= 0.6 is 0 Å². The zero-order valence-electron chi connectivity index (χ0n) is 16.1. The van der Waals surface area contributed by atoms with Gasteiger partial charge in [0.1, 0.15) is 0 Å². The molecule has 2 saturated heterocycles. The van der Waals surface area contributed by atoms with Crippen molar-refractivity contribution in [1.29, 1.82) is 0 Å². The molecule has 5 nitrogen and oxygen atoms in total. The zero-order chi connectivity index (χ0) is 18.5. The van der Waals surface area contributed by atoms with E-state index in [0.717, 1.165) is 57.6 Å². The molecule has 2 aliphatic rings. The smallest absolute Gasteiger partial charge is 0.213 e. The zero-order valence-corrected chi connectivity index (χ0v) is 16.1. The Balaban J connectivity index is 1.28. The molecule has 0 N–H and O–H groups in total. The molecule has 2 aliphatic heterocycles. The first-order chi connectivity index (χ1) is 13.2. The van der Waals surface area contributed by atoms with Crippen LogP contribution in [0.2, 0.25) is 0 Å². The molecule has 0 aromatic carbocycles. The molecule has 2 aromatic heterocycles. The van der Waals surface area contributed by atoms with Crippen molar-refractivity contribution in [2.24, 2.45) is 5.92 Å². The van der Waals surface area contributed by atoms with Crippen LogP contribution < -0.4 is 4.74 Å². The number of hydrogen-bond donors (Lipinski definition) is 0. The van der Waals surface area contributed by atoms with E-state index in [-0.39, 0.29) is 5.60 Å². The lowest BCUT2D eigenvalue weighted by atomic mass is 9.78. The number of aryl methyl sites for hydroxylation is 1. The van der Waals surface area contributed by atoms with Crippen molar-refractivity contribution < 1.29 is 9.47 Å². The molecule has 2 aromatic rings. The molecule has 27 heavy (non-hydrogen) atoms. The predicted octanol–water partition coefficient (Wildman–Crippen LogP) is 3.63. The third-order valence-corrected chi connectivity index (χ3v) is 5.99. The summed E-state index contributed by atoms with van der Waals surface area (Å²) in [5, 5.41) is 0. The highest BCUT2D eigenvalue weighted by atomic mass is 16.5. The Bertz CT molecular complexity index is 729. The molecule has 5 heteroatoms. The van der Waals surface area contributed by atoms with Gasteiger partial charge in [0.25, 0.3) is 0 Å². The van der Waals surface area contributed by atoms with Gasteiger partial charge >= 0.3 is 0 Å². The number of aromatic nitrogens is 2. The summed E-state index contributed by atoms with van der Waals surface area (Å²) in [6, 6.07) is 12.1. The number of ether oxygens (including phenoxy) is 2. The minimum absolute atomic E-state index is 0.0456. The second-order valence-electron chi connectivity index (χ2n) is 7.75. The van der Waals surface area contributed by atoms with E-state index >= 15 is 0 Å². The Morgan fingerprint density at radius 3 is 2.85 bits per heavy atom. The SMILES string of the molecule is Cc1cccc(CN2CCC3(CC2)OCCC3CCOc2ccccn2)n1. The normalized spacial score (nSPS) is 22.2. The van der Waals surface area contributed by atoms with E-state index in [1.54, 1.807) is 6.20 Å². The summed E-state index contributed by atoms with van der Waals surface area (Å²) in [6.07, 6.45) is 6.16. The number of likely N-dealkylation sites (tertiary alicyclic amines) is 1. The first-order valence-electron chi connectivity index (χ1n) is 10.1. The van der Waals surface area contributed by atoms with Crippen LogP contribution in [0.1, 0.15) is 37.1 Å². The number of pyridine rings is 2. The molecule has 1 unspecified atom stereocenters. The largest absolute Gasteiger partial charge is 0.478 e. The fourth-order valence-electron chi connectivity index (χ4n) is 4.49. The van der Waals surface area contributed by atoms with Crippen molar-refractivity contribution >= 4 is 0 Å². The van der Waals surface area contributed by atoms with Gasteiger partial charge in [-0.05, 0) is 56.7 Å². The summed E-state index contributed by atoms with van der Waals surface area (Å²) in [7, 11) is 0. The molecular formula is C22H29N3O2. The Labute approximate surface area is 161 Å². The lowest BCUT2D eigenvalue weighted by Crippen LogP contribution is -2.47. The summed E-state index contributed by atoms with van der Waals surface area (Å²) in [4.78, 5) is 11.4. The summed E-state index contributed by atoms with van der Waals surface area (Å²) in [5.74, 6) is 1.30. The Hall–Kier alpha value is -1.98. The molecule has 1 spiro atoms. The monoisotopic (exact) mass is 367 g/mol. The van der Waals surface area contributed by atoms with E-state index in [1.807, 2.05) is 18.2 Å². The minimum atomic E-state index is 0.0456. The van der Waals surface area contributed by atoms with Gasteiger partial charge in [-0.1, -0.05) is 12.1 Å². The summed E-state index contributed by atoms with van der Waals surface area (Å²) in [6.45, 7) is 6.74. The van der Waals surface area contributed by atoms with Crippen molar-refractivity contribution in [3.63, 3.8) is 0 Å². The van der Waals surface area contributed by atoms with Crippen molar-refractivity contribution in [2.75, 3.05) is 26.3 Å². The Morgan fingerprint density at radius 1 is 1.19 bits per heavy atom. The van der Waals surface area contributed by atoms with Gasteiger partial charge in [0.2, 0.25) is 5.88 Å². The maximum Gasteiger partial charge on any atom is 0.213 e. The van der Waals surface area contributed by atoms with Gasteiger partial charge in [0.05, 0.1) is 17.9 Å². The number of rotatable bonds is 6. The van der Waals surface area contributed by atoms with E-state index in [2.05, 4.69) is 40.0 Å². The van der Waals surface area contributed by atoms with E-state index in [4.69, 9.17) is 9.47 Å². The van der Waals surface area contributed by atoms with Crippen LogP contribution in [-0.2, 0) is 11.3 Å². The van der Waals surface area contributed by atoms with Crippen LogP contribution in [0, 0.1) is 12.8 Å². The molecule has 1 atom stereocenters. The van der Waals surface area contributed by atoms with Crippen molar-refractivity contribution in [2.45, 2.75) is 44.8 Å². The van der Waals surface area contributed by atoms with Crippen molar-refractivity contribution in [1.82, 2.24) is 14.9 Å². The average Bonchev–Trinajstić information content (AvgIpc) is 3.07. The third kappa shape index (κ3) is 4.47. The van der Waals surface area contributed by atoms with Gasteiger partial charge in [-0.25, -0.2) is 4.98 Å². The van der Waals surface area contributed by atoms with Gasteiger partial charge in [0, 0.05) is 44.2 Å². The number of hydrogen-bond acceptors (Lipinski definition) is 5. The van der Waals surface area contributed by atoms with Crippen molar-refractivity contribution in [3.05, 3.63) is 54.0 Å². The Kier molecular flexibility index (Phi) is 5.69. The van der Waals surface area contributed by atoms with Gasteiger partial charge < -0.3 is 9.47 Å². The van der Waals surface area contributed by atoms with E-state index in [9.17, 15) is 0 Å². The second-order valence-corrected chi connectivity index (χ2v) is 7.75. The molecule has 0 aliphatic carbocycles. The topological polar surface area (TPSA) is 47.5 Å². The van der Waals surface area contributed by atoms with Crippen LogP contribution in [0.15, 0.2) is 42.6 Å². The predicted molar refractivity (Wildman–Crippen MR) is 105 cm³/mol. The molecule has 0 amide bonds. The number of piperidine rings is 1. The molecule has 0 saturated carbocycles. The van der Waals surface area contributed by atoms with Gasteiger partial charge in [-0.2, -0.15) is 0 Å². The highest BCUT2D eigenvalue weighted by Crippen LogP contribution is 2.42.